The van der Waals surface area contributed by atoms with Gasteiger partial charge in [-0.05, 0) is 23.8 Å². The summed E-state index contributed by atoms with van der Waals surface area (Å²) in [4.78, 5) is 26.0. The van der Waals surface area contributed by atoms with Crippen molar-refractivity contribution in [3.63, 3.8) is 0 Å². The van der Waals surface area contributed by atoms with Gasteiger partial charge in [-0.3, -0.25) is 14.6 Å². The Morgan fingerprint density at radius 2 is 2.00 bits per heavy atom. The van der Waals surface area contributed by atoms with Crippen LogP contribution in [0.4, 0.5) is 0 Å². The van der Waals surface area contributed by atoms with Crippen LogP contribution in [0.15, 0.2) is 42.6 Å². The molecule has 0 bridgehead atoms. The second kappa shape index (κ2) is 6.16. The monoisotopic (exact) mass is 290 g/mol. The maximum Gasteiger partial charge on any atom is 0.322 e. The van der Waals surface area contributed by atoms with E-state index in [0.717, 1.165) is 11.1 Å². The molecule has 0 unspecified atom stereocenters. The van der Waals surface area contributed by atoms with Crippen molar-refractivity contribution < 1.29 is 14.7 Å². The molecule has 0 aliphatic heterocycles. The Balaban J connectivity index is 2.14. The van der Waals surface area contributed by atoms with Crippen LogP contribution < -0.4 is 5.32 Å². The zero-order valence-electron chi connectivity index (χ0n) is 10.3. The molecule has 1 heterocycles. The molecular weight excluding hydrogens is 280 g/mol. The van der Waals surface area contributed by atoms with Crippen molar-refractivity contribution in [1.29, 1.82) is 0 Å². The van der Waals surface area contributed by atoms with Gasteiger partial charge in [-0.25, -0.2) is 0 Å². The summed E-state index contributed by atoms with van der Waals surface area (Å²) in [7, 11) is 0. The molecule has 20 heavy (non-hydrogen) atoms. The van der Waals surface area contributed by atoms with Gasteiger partial charge in [0.05, 0.1) is 0 Å². The molecule has 1 aromatic carbocycles. The van der Waals surface area contributed by atoms with Crippen molar-refractivity contribution >= 4 is 23.5 Å². The number of carbonyl (C=O) groups is 2. The van der Waals surface area contributed by atoms with E-state index in [1.807, 2.05) is 12.1 Å². The van der Waals surface area contributed by atoms with Crippen molar-refractivity contribution in [2.75, 3.05) is 6.54 Å². The molecule has 0 atom stereocenters. The van der Waals surface area contributed by atoms with E-state index in [0.29, 0.717) is 5.02 Å². The molecule has 1 amide bonds. The number of hydrogen-bond donors (Lipinski definition) is 2. The van der Waals surface area contributed by atoms with Gasteiger partial charge in [0.2, 0.25) is 0 Å². The van der Waals surface area contributed by atoms with Gasteiger partial charge >= 0.3 is 5.97 Å². The third kappa shape index (κ3) is 3.55. The molecule has 0 saturated heterocycles. The van der Waals surface area contributed by atoms with Crippen molar-refractivity contribution in [1.82, 2.24) is 10.3 Å². The van der Waals surface area contributed by atoms with Crippen molar-refractivity contribution in [2.24, 2.45) is 0 Å². The number of amides is 1. The zero-order valence-corrected chi connectivity index (χ0v) is 11.1. The van der Waals surface area contributed by atoms with E-state index in [1.165, 1.54) is 6.07 Å². The first kappa shape index (κ1) is 14.0. The minimum absolute atomic E-state index is 0.164. The summed E-state index contributed by atoms with van der Waals surface area (Å²) in [6.07, 6.45) is 1.54. The largest absolute Gasteiger partial charge is 0.480 e. The first-order chi connectivity index (χ1) is 9.56. The Bertz CT molecular complexity index is 641. The summed E-state index contributed by atoms with van der Waals surface area (Å²) in [5, 5.41) is 11.3. The molecular formula is C14H11ClN2O3. The average Bonchev–Trinajstić information content (AvgIpc) is 2.45. The highest BCUT2D eigenvalue weighted by Crippen LogP contribution is 2.21. The number of aromatic nitrogens is 1. The number of carbonyl (C=O) groups excluding carboxylic acids is 1. The number of pyridine rings is 1. The molecule has 0 aliphatic rings. The lowest BCUT2D eigenvalue weighted by Crippen LogP contribution is -2.29. The van der Waals surface area contributed by atoms with E-state index < -0.39 is 18.4 Å². The molecule has 0 radical (unpaired) electrons. The lowest BCUT2D eigenvalue weighted by Gasteiger charge is -2.04. The second-order valence-electron chi connectivity index (χ2n) is 4.02. The van der Waals surface area contributed by atoms with Crippen molar-refractivity contribution in [3.8, 4) is 11.1 Å². The van der Waals surface area contributed by atoms with Gasteiger partial charge in [0.1, 0.15) is 12.2 Å². The first-order valence-corrected chi connectivity index (χ1v) is 6.16. The summed E-state index contributed by atoms with van der Waals surface area (Å²) in [6.45, 7) is -0.434. The molecule has 102 valence electrons. The molecule has 6 heteroatoms. The highest BCUT2D eigenvalue weighted by atomic mass is 35.5. The van der Waals surface area contributed by atoms with Gasteiger partial charge < -0.3 is 10.4 Å². The van der Waals surface area contributed by atoms with E-state index in [9.17, 15) is 9.59 Å². The number of hydrogen-bond acceptors (Lipinski definition) is 3. The standard InChI is InChI=1S/C14H11ClN2O3/c15-11-3-1-2-9(6-11)10-4-5-12(16-7-10)14(20)17-8-13(18)19/h1-7H,8H2,(H,17,20)(H,18,19). The predicted molar refractivity (Wildman–Crippen MR) is 74.7 cm³/mol. The normalized spacial score (nSPS) is 10.1. The minimum Gasteiger partial charge on any atom is -0.480 e. The van der Waals surface area contributed by atoms with E-state index in [-0.39, 0.29) is 5.69 Å². The number of rotatable bonds is 4. The average molecular weight is 291 g/mol. The van der Waals surface area contributed by atoms with Crippen LogP contribution in [-0.2, 0) is 4.79 Å². The summed E-state index contributed by atoms with van der Waals surface area (Å²) >= 11 is 5.91. The van der Waals surface area contributed by atoms with Gasteiger partial charge in [-0.15, -0.1) is 0 Å². The van der Waals surface area contributed by atoms with E-state index in [1.54, 1.807) is 24.4 Å². The number of carboxylic acids is 1. The summed E-state index contributed by atoms with van der Waals surface area (Å²) in [5.74, 6) is -1.63. The molecule has 0 saturated carbocycles. The maximum atomic E-state index is 11.6. The van der Waals surface area contributed by atoms with Crippen LogP contribution in [0.2, 0.25) is 5.02 Å². The van der Waals surface area contributed by atoms with Crippen LogP contribution in [0.1, 0.15) is 10.5 Å². The van der Waals surface area contributed by atoms with Crippen LogP contribution in [0.25, 0.3) is 11.1 Å². The fourth-order valence-corrected chi connectivity index (χ4v) is 1.80. The molecule has 0 spiro atoms. The van der Waals surface area contributed by atoms with Gasteiger partial charge in [0.15, 0.2) is 0 Å². The topological polar surface area (TPSA) is 79.3 Å². The summed E-state index contributed by atoms with van der Waals surface area (Å²) < 4.78 is 0. The summed E-state index contributed by atoms with van der Waals surface area (Å²) in [5.41, 5.74) is 1.88. The lowest BCUT2D eigenvalue weighted by atomic mass is 10.1. The van der Waals surface area contributed by atoms with Crippen molar-refractivity contribution in [3.05, 3.63) is 53.3 Å². The highest BCUT2D eigenvalue weighted by molar-refractivity contribution is 6.30. The number of halogens is 1. The van der Waals surface area contributed by atoms with E-state index in [4.69, 9.17) is 16.7 Å². The molecule has 2 N–H and O–H groups in total. The molecule has 2 rings (SSSR count). The molecule has 0 aliphatic carbocycles. The van der Waals surface area contributed by atoms with Crippen LogP contribution in [0, 0.1) is 0 Å². The molecule has 2 aromatic rings. The number of nitrogens with zero attached hydrogens (tertiary/aromatic N) is 1. The molecule has 5 nitrogen and oxygen atoms in total. The SMILES string of the molecule is O=C(O)CNC(=O)c1ccc(-c2cccc(Cl)c2)cn1. The Kier molecular flexibility index (Phi) is 4.32. The molecule has 1 aromatic heterocycles. The van der Waals surface area contributed by atoms with Gasteiger partial charge in [0.25, 0.3) is 5.91 Å². The van der Waals surface area contributed by atoms with Gasteiger partial charge in [-0.1, -0.05) is 29.8 Å². The lowest BCUT2D eigenvalue weighted by molar-refractivity contribution is -0.135. The van der Waals surface area contributed by atoms with Crippen LogP contribution in [0.3, 0.4) is 0 Å². The number of benzene rings is 1. The third-order valence-electron chi connectivity index (χ3n) is 2.55. The predicted octanol–water partition coefficient (Wildman–Crippen LogP) is 2.22. The zero-order chi connectivity index (χ0) is 14.5. The molecule has 0 fully saturated rings. The first-order valence-electron chi connectivity index (χ1n) is 5.78. The van der Waals surface area contributed by atoms with Crippen LogP contribution in [0.5, 0.6) is 0 Å². The van der Waals surface area contributed by atoms with Crippen LogP contribution in [-0.4, -0.2) is 28.5 Å². The van der Waals surface area contributed by atoms with E-state index >= 15 is 0 Å². The van der Waals surface area contributed by atoms with E-state index in [2.05, 4.69) is 10.3 Å². The Labute approximate surface area is 120 Å². The van der Waals surface area contributed by atoms with Gasteiger partial charge in [-0.2, -0.15) is 0 Å². The Morgan fingerprint density at radius 3 is 2.60 bits per heavy atom. The second-order valence-corrected chi connectivity index (χ2v) is 4.46. The van der Waals surface area contributed by atoms with Crippen LogP contribution >= 0.6 is 11.6 Å². The fourth-order valence-electron chi connectivity index (χ4n) is 1.61. The maximum absolute atomic E-state index is 11.6. The quantitative estimate of drug-likeness (QED) is 0.905. The fraction of sp³-hybridized carbons (Fsp3) is 0.0714. The van der Waals surface area contributed by atoms with Gasteiger partial charge in [0, 0.05) is 16.8 Å². The highest BCUT2D eigenvalue weighted by Gasteiger charge is 2.08. The Morgan fingerprint density at radius 1 is 1.20 bits per heavy atom. The number of nitrogens with one attached hydrogen (secondary N) is 1. The summed E-state index contributed by atoms with van der Waals surface area (Å²) in [6, 6.07) is 10.5. The number of aliphatic carboxylic acids is 1. The number of carboxylic acid groups (broad SMARTS) is 1. The smallest absolute Gasteiger partial charge is 0.322 e. The third-order valence-corrected chi connectivity index (χ3v) is 2.79. The van der Waals surface area contributed by atoms with Crippen molar-refractivity contribution in [2.45, 2.75) is 0 Å². The Hall–Kier alpha value is -2.40. The minimum atomic E-state index is -1.10.